The van der Waals surface area contributed by atoms with E-state index in [1.165, 1.54) is 0 Å². The summed E-state index contributed by atoms with van der Waals surface area (Å²) in [5.41, 5.74) is 4.65. The average Bonchev–Trinajstić information content (AvgIpc) is 1.76. The van der Waals surface area contributed by atoms with Crippen molar-refractivity contribution in [1.82, 2.24) is 4.65 Å². The monoisotopic (exact) mass is 101 g/mol. The fourth-order valence-electron chi connectivity index (χ4n) is 0.417. The Bertz CT molecular complexity index is 45.6. The van der Waals surface area contributed by atoms with Crippen molar-refractivity contribution >= 4 is 19.4 Å². The Morgan fingerprint density at radius 3 is 2.00 bits per heavy atom. The summed E-state index contributed by atoms with van der Waals surface area (Å²) in [5.74, 6) is 0. The largest absolute Gasteiger partial charge is 0.363 e. The van der Waals surface area contributed by atoms with Gasteiger partial charge in [-0.2, -0.15) is 0 Å². The minimum absolute atomic E-state index is 0.174. The summed E-state index contributed by atoms with van der Waals surface area (Å²) in [5, 5.41) is 0. The summed E-state index contributed by atoms with van der Waals surface area (Å²) in [6, 6.07) is 0. The standard InChI is InChI=1S/C2H7NSi2/c1-2-5-3-4-1/h1-3H,4-5H2. The molecule has 0 atom stereocenters. The molecule has 1 aliphatic rings. The first kappa shape index (κ1) is 3.33. The Hall–Kier alpha value is 0.134. The van der Waals surface area contributed by atoms with Crippen LogP contribution in [-0.2, 0) is 0 Å². The quantitative estimate of drug-likeness (QED) is 0.356. The Morgan fingerprint density at radius 1 is 1.20 bits per heavy atom. The smallest absolute Gasteiger partial charge is 0.109 e. The van der Waals surface area contributed by atoms with Crippen molar-refractivity contribution in [3.63, 3.8) is 0 Å². The summed E-state index contributed by atoms with van der Waals surface area (Å²) in [6.45, 7) is 0. The second-order valence-electron chi connectivity index (χ2n) is 1.13. The van der Waals surface area contributed by atoms with Crippen LogP contribution in [0.2, 0.25) is 0 Å². The molecular formula is C2H7NSi2. The van der Waals surface area contributed by atoms with Crippen LogP contribution in [0.1, 0.15) is 0 Å². The molecule has 3 heteroatoms. The molecule has 0 unspecified atom stereocenters. The van der Waals surface area contributed by atoms with Crippen LogP contribution in [0.3, 0.4) is 0 Å². The van der Waals surface area contributed by atoms with Gasteiger partial charge in [-0.3, -0.25) is 0 Å². The molecule has 0 aromatic rings. The highest BCUT2D eigenvalue weighted by Gasteiger charge is 1.84. The Kier molecular flexibility index (Phi) is 1.03. The van der Waals surface area contributed by atoms with Crippen molar-refractivity contribution < 1.29 is 0 Å². The van der Waals surface area contributed by atoms with Gasteiger partial charge in [0.15, 0.2) is 0 Å². The zero-order valence-corrected chi connectivity index (χ0v) is 5.90. The first-order valence-corrected chi connectivity index (χ1v) is 4.90. The fourth-order valence-corrected chi connectivity index (χ4v) is 3.75. The molecule has 1 nitrogen and oxygen atoms in total. The van der Waals surface area contributed by atoms with Crippen molar-refractivity contribution in [3.05, 3.63) is 11.4 Å². The number of rotatable bonds is 0. The molecule has 0 saturated carbocycles. The number of nitrogens with one attached hydrogen (secondary N) is 1. The molecule has 1 heterocycles. The molecule has 0 fully saturated rings. The van der Waals surface area contributed by atoms with E-state index in [0.29, 0.717) is 0 Å². The van der Waals surface area contributed by atoms with Crippen LogP contribution < -0.4 is 4.65 Å². The van der Waals surface area contributed by atoms with Crippen LogP contribution >= 0.6 is 0 Å². The van der Waals surface area contributed by atoms with E-state index in [2.05, 4.69) is 16.0 Å². The highest BCUT2D eigenvalue weighted by molar-refractivity contribution is 6.62. The van der Waals surface area contributed by atoms with E-state index < -0.39 is 0 Å². The van der Waals surface area contributed by atoms with Crippen molar-refractivity contribution in [2.24, 2.45) is 0 Å². The van der Waals surface area contributed by atoms with Gasteiger partial charge in [0.25, 0.3) is 0 Å². The lowest BCUT2D eigenvalue weighted by Gasteiger charge is -1.75. The van der Waals surface area contributed by atoms with Crippen LogP contribution in [-0.4, -0.2) is 19.4 Å². The average molecular weight is 101 g/mol. The van der Waals surface area contributed by atoms with Crippen LogP contribution in [0.25, 0.3) is 0 Å². The van der Waals surface area contributed by atoms with E-state index in [-0.39, 0.29) is 19.4 Å². The minimum atomic E-state index is 0.174. The molecule has 0 radical (unpaired) electrons. The van der Waals surface area contributed by atoms with Crippen molar-refractivity contribution in [1.29, 1.82) is 0 Å². The third-order valence-electron chi connectivity index (χ3n) is 0.691. The van der Waals surface area contributed by atoms with Crippen LogP contribution in [0.15, 0.2) is 11.4 Å². The van der Waals surface area contributed by atoms with Gasteiger partial charge in [-0.25, -0.2) is 0 Å². The summed E-state index contributed by atoms with van der Waals surface area (Å²) in [7, 11) is 0.349. The van der Waals surface area contributed by atoms with E-state index in [1.54, 1.807) is 0 Å². The minimum Gasteiger partial charge on any atom is -0.363 e. The summed E-state index contributed by atoms with van der Waals surface area (Å²) in [6.07, 6.45) is 0. The lowest BCUT2D eigenvalue weighted by Crippen LogP contribution is -2.13. The van der Waals surface area contributed by atoms with Gasteiger partial charge in [0, 0.05) is 0 Å². The van der Waals surface area contributed by atoms with E-state index in [4.69, 9.17) is 0 Å². The summed E-state index contributed by atoms with van der Waals surface area (Å²) >= 11 is 0. The van der Waals surface area contributed by atoms with E-state index in [1.807, 2.05) is 0 Å². The summed E-state index contributed by atoms with van der Waals surface area (Å²) < 4.78 is 3.39. The van der Waals surface area contributed by atoms with Gasteiger partial charge in [0.05, 0.1) is 0 Å². The van der Waals surface area contributed by atoms with Crippen molar-refractivity contribution in [2.45, 2.75) is 0 Å². The predicted molar refractivity (Wildman–Crippen MR) is 29.4 cm³/mol. The molecule has 0 aliphatic carbocycles. The molecule has 0 amide bonds. The fraction of sp³-hybridized carbons (Fsp3) is 0. The van der Waals surface area contributed by atoms with Gasteiger partial charge in [0.1, 0.15) is 19.4 Å². The SMILES string of the molecule is C1=C[SiH2]N[SiH2]1. The third kappa shape index (κ3) is 0.714. The Balaban J connectivity index is 2.32. The molecule has 0 bridgehead atoms. The van der Waals surface area contributed by atoms with Crippen molar-refractivity contribution in [2.75, 3.05) is 0 Å². The molecular weight excluding hydrogens is 94.2 g/mol. The highest BCUT2D eigenvalue weighted by atomic mass is 28.3. The third-order valence-corrected chi connectivity index (χ3v) is 4.81. The topological polar surface area (TPSA) is 12.0 Å². The predicted octanol–water partition coefficient (Wildman–Crippen LogP) is -1.77. The van der Waals surface area contributed by atoms with Crippen LogP contribution in [0.4, 0.5) is 0 Å². The van der Waals surface area contributed by atoms with Crippen molar-refractivity contribution in [3.8, 4) is 0 Å². The molecule has 0 saturated heterocycles. The van der Waals surface area contributed by atoms with Gasteiger partial charge >= 0.3 is 0 Å². The van der Waals surface area contributed by atoms with Gasteiger partial charge in [0.2, 0.25) is 0 Å². The van der Waals surface area contributed by atoms with E-state index >= 15 is 0 Å². The highest BCUT2D eigenvalue weighted by Crippen LogP contribution is 1.68. The second-order valence-corrected chi connectivity index (χ2v) is 4.89. The second kappa shape index (κ2) is 1.54. The van der Waals surface area contributed by atoms with Crippen LogP contribution in [0, 0.1) is 0 Å². The first-order valence-electron chi connectivity index (χ1n) is 1.86. The zero-order valence-electron chi connectivity index (χ0n) is 3.07. The Morgan fingerprint density at radius 2 is 1.80 bits per heavy atom. The molecule has 0 spiro atoms. The first-order chi connectivity index (χ1) is 2.50. The van der Waals surface area contributed by atoms with E-state index in [9.17, 15) is 0 Å². The summed E-state index contributed by atoms with van der Waals surface area (Å²) in [4.78, 5) is 0. The molecule has 0 aromatic carbocycles. The van der Waals surface area contributed by atoms with Gasteiger partial charge in [-0.05, 0) is 0 Å². The van der Waals surface area contributed by atoms with Gasteiger partial charge < -0.3 is 4.65 Å². The molecule has 1 rings (SSSR count). The maximum atomic E-state index is 3.39. The molecule has 1 aliphatic heterocycles. The van der Waals surface area contributed by atoms with Gasteiger partial charge in [-0.15, -0.1) is 0 Å². The molecule has 0 aromatic heterocycles. The lowest BCUT2D eigenvalue weighted by atomic mass is 11.2. The Labute approximate surface area is 36.3 Å². The molecule has 5 heavy (non-hydrogen) atoms. The van der Waals surface area contributed by atoms with Gasteiger partial charge in [-0.1, -0.05) is 11.4 Å². The zero-order chi connectivity index (χ0) is 3.54. The number of hydrogen-bond donors (Lipinski definition) is 1. The van der Waals surface area contributed by atoms with Crippen LogP contribution in [0.5, 0.6) is 0 Å². The molecule has 28 valence electrons. The normalized spacial score (nSPS) is 30.4. The maximum Gasteiger partial charge on any atom is 0.109 e. The lowest BCUT2D eigenvalue weighted by molar-refractivity contribution is 1.64. The molecule has 1 N–H and O–H groups in total. The number of hydrogen-bond acceptors (Lipinski definition) is 1. The maximum absolute atomic E-state index is 3.39. The van der Waals surface area contributed by atoms with E-state index in [0.717, 1.165) is 0 Å².